The van der Waals surface area contributed by atoms with E-state index in [1.54, 1.807) is 10.6 Å². The predicted molar refractivity (Wildman–Crippen MR) is 139 cm³/mol. The smallest absolute Gasteiger partial charge is 0.201 e. The van der Waals surface area contributed by atoms with Crippen molar-refractivity contribution in [3.05, 3.63) is 48.9 Å². The third-order valence-electron chi connectivity index (χ3n) is 6.62. The maximum absolute atomic E-state index is 10.8. The minimum absolute atomic E-state index is 0. The molecule has 11 heteroatoms. The number of halogens is 1. The van der Waals surface area contributed by atoms with Crippen LogP contribution in [0, 0.1) is 0 Å². The van der Waals surface area contributed by atoms with Crippen LogP contribution in [0.15, 0.2) is 48.9 Å². The van der Waals surface area contributed by atoms with Gasteiger partial charge in [-0.3, -0.25) is 0 Å². The number of hydrogen-bond donors (Lipinski definition) is 2. The number of nitrogens with one attached hydrogen (secondary N) is 1. The first-order chi connectivity index (χ1) is 16.7. The Balaban J connectivity index is 0.00000267. The summed E-state index contributed by atoms with van der Waals surface area (Å²) in [5.41, 5.74) is 4.95. The van der Waals surface area contributed by atoms with Crippen molar-refractivity contribution in [2.75, 3.05) is 0 Å². The lowest BCUT2D eigenvalue weighted by molar-refractivity contribution is 0.127. The summed E-state index contributed by atoms with van der Waals surface area (Å²) < 4.78 is 3.60. The number of aromatic hydroxyl groups is 1. The molecule has 0 radical (unpaired) electrons. The van der Waals surface area contributed by atoms with Gasteiger partial charge in [0.05, 0.1) is 11.7 Å². The Kier molecular flexibility index (Phi) is 5.68. The maximum atomic E-state index is 10.8. The molecule has 4 aromatic heterocycles. The van der Waals surface area contributed by atoms with Gasteiger partial charge in [-0.15, -0.1) is 27.7 Å². The molecule has 0 unspecified atom stereocenters. The van der Waals surface area contributed by atoms with E-state index in [4.69, 9.17) is 0 Å². The third kappa shape index (κ3) is 4.27. The van der Waals surface area contributed by atoms with Crippen LogP contribution >= 0.6 is 12.4 Å². The van der Waals surface area contributed by atoms with E-state index < -0.39 is 0 Å². The second-order valence-corrected chi connectivity index (χ2v) is 10.6. The lowest BCUT2D eigenvalue weighted by atomic mass is 9.80. The van der Waals surface area contributed by atoms with Crippen molar-refractivity contribution in [1.29, 1.82) is 0 Å². The van der Waals surface area contributed by atoms with Gasteiger partial charge in [0.25, 0.3) is 0 Å². The molecule has 1 aromatic carbocycles. The summed E-state index contributed by atoms with van der Waals surface area (Å²) in [6.07, 6.45) is 5.19. The zero-order valence-electron chi connectivity index (χ0n) is 20.5. The number of hydrogen-bond acceptors (Lipinski definition) is 8. The van der Waals surface area contributed by atoms with Crippen LogP contribution in [0.1, 0.15) is 46.6 Å². The molecule has 0 spiro atoms. The molecule has 1 aliphatic rings. The molecular weight excluding hydrogens is 478 g/mol. The fourth-order valence-corrected chi connectivity index (χ4v) is 5.49. The molecule has 1 aliphatic heterocycles. The number of phenols is 1. The number of pyridine rings is 1. The van der Waals surface area contributed by atoms with Crippen molar-refractivity contribution in [2.24, 2.45) is 0 Å². The molecule has 6 rings (SSSR count). The van der Waals surface area contributed by atoms with Crippen LogP contribution in [0.3, 0.4) is 0 Å². The summed E-state index contributed by atoms with van der Waals surface area (Å²) in [6.45, 7) is 8.83. The summed E-state index contributed by atoms with van der Waals surface area (Å²) in [7, 11) is 0. The topological polar surface area (TPSA) is 119 Å². The van der Waals surface area contributed by atoms with Crippen molar-refractivity contribution in [3.63, 3.8) is 0 Å². The summed E-state index contributed by atoms with van der Waals surface area (Å²) >= 11 is 0. The molecule has 186 valence electrons. The maximum Gasteiger partial charge on any atom is 0.201 e. The van der Waals surface area contributed by atoms with E-state index in [-0.39, 0.29) is 35.3 Å². The van der Waals surface area contributed by atoms with E-state index in [1.807, 2.05) is 41.2 Å². The molecule has 2 N–H and O–H groups in total. The van der Waals surface area contributed by atoms with Gasteiger partial charge in [-0.2, -0.15) is 5.10 Å². The SMILES string of the molecule is CC1(C)CC(n2nnc3cc(-c4ccc(-c5ccn6ncnc6c5)cc4O)nnc32)CC(C)(C)N1.Cl. The number of benzene rings is 1. The molecular formula is C25H28ClN9O. The van der Waals surface area contributed by atoms with Gasteiger partial charge in [0.15, 0.2) is 5.65 Å². The highest BCUT2D eigenvalue weighted by Crippen LogP contribution is 2.37. The summed E-state index contributed by atoms with van der Waals surface area (Å²) in [5, 5.41) is 36.4. The van der Waals surface area contributed by atoms with Crippen molar-refractivity contribution in [2.45, 2.75) is 57.7 Å². The Morgan fingerprint density at radius 3 is 2.44 bits per heavy atom. The molecule has 5 heterocycles. The van der Waals surface area contributed by atoms with Gasteiger partial charge >= 0.3 is 0 Å². The Morgan fingerprint density at radius 1 is 0.944 bits per heavy atom. The van der Waals surface area contributed by atoms with E-state index in [0.717, 1.165) is 29.6 Å². The van der Waals surface area contributed by atoms with Crippen molar-refractivity contribution < 1.29 is 5.11 Å². The molecule has 0 saturated carbocycles. The van der Waals surface area contributed by atoms with E-state index in [2.05, 4.69) is 63.6 Å². The van der Waals surface area contributed by atoms with Gasteiger partial charge in [0.2, 0.25) is 5.65 Å². The molecule has 36 heavy (non-hydrogen) atoms. The van der Waals surface area contributed by atoms with E-state index in [1.165, 1.54) is 6.33 Å². The summed E-state index contributed by atoms with van der Waals surface area (Å²) in [5.74, 6) is 0.117. The molecule has 5 aromatic rings. The van der Waals surface area contributed by atoms with Gasteiger partial charge in [-0.1, -0.05) is 11.3 Å². The number of phenolic OH excluding ortho intramolecular Hbond substituents is 1. The number of aromatic nitrogens is 8. The molecule has 10 nitrogen and oxygen atoms in total. The number of fused-ring (bicyclic) bond motifs is 2. The van der Waals surface area contributed by atoms with E-state index in [9.17, 15) is 5.11 Å². The minimum atomic E-state index is -0.0236. The molecule has 0 bridgehead atoms. The number of rotatable bonds is 3. The highest BCUT2D eigenvalue weighted by molar-refractivity contribution is 5.85. The molecule has 1 fully saturated rings. The first-order valence-electron chi connectivity index (χ1n) is 11.7. The molecule has 0 aliphatic carbocycles. The monoisotopic (exact) mass is 505 g/mol. The van der Waals surface area contributed by atoms with Gasteiger partial charge in [0, 0.05) is 22.8 Å². The van der Waals surface area contributed by atoms with Crippen molar-refractivity contribution in [1.82, 2.24) is 45.1 Å². The second kappa shape index (κ2) is 8.49. The predicted octanol–water partition coefficient (Wildman–Crippen LogP) is 4.21. The Bertz CT molecular complexity index is 1560. The number of piperidine rings is 1. The lowest BCUT2D eigenvalue weighted by Crippen LogP contribution is -2.58. The zero-order valence-corrected chi connectivity index (χ0v) is 21.4. The van der Waals surface area contributed by atoms with Gasteiger partial charge < -0.3 is 10.4 Å². The highest BCUT2D eigenvalue weighted by Gasteiger charge is 2.39. The van der Waals surface area contributed by atoms with Gasteiger partial charge in [-0.25, -0.2) is 14.2 Å². The average Bonchev–Trinajstić information content (AvgIpc) is 3.43. The lowest BCUT2D eigenvalue weighted by Gasteiger charge is -2.46. The van der Waals surface area contributed by atoms with E-state index in [0.29, 0.717) is 22.4 Å². The fourth-order valence-electron chi connectivity index (χ4n) is 5.49. The largest absolute Gasteiger partial charge is 0.507 e. The van der Waals surface area contributed by atoms with Crippen molar-refractivity contribution >= 4 is 29.2 Å². The number of nitrogens with zero attached hydrogens (tertiary/aromatic N) is 8. The van der Waals surface area contributed by atoms with Gasteiger partial charge in [-0.05, 0) is 82.0 Å². The Labute approximate surface area is 214 Å². The normalized spacial score (nSPS) is 17.3. The first-order valence-corrected chi connectivity index (χ1v) is 11.7. The van der Waals surface area contributed by atoms with Crippen molar-refractivity contribution in [3.8, 4) is 28.1 Å². The van der Waals surface area contributed by atoms with E-state index >= 15 is 0 Å². The molecule has 0 amide bonds. The van der Waals surface area contributed by atoms with Crippen LogP contribution in [0.5, 0.6) is 5.75 Å². The Hall–Kier alpha value is -3.63. The minimum Gasteiger partial charge on any atom is -0.507 e. The van der Waals surface area contributed by atoms with Gasteiger partial charge in [0.1, 0.15) is 17.6 Å². The van der Waals surface area contributed by atoms with Crippen LogP contribution in [0.4, 0.5) is 0 Å². The highest BCUT2D eigenvalue weighted by atomic mass is 35.5. The zero-order chi connectivity index (χ0) is 24.4. The van der Waals surface area contributed by atoms with Crippen LogP contribution in [-0.2, 0) is 0 Å². The quantitative estimate of drug-likeness (QED) is 0.374. The summed E-state index contributed by atoms with van der Waals surface area (Å²) in [4.78, 5) is 4.23. The first kappa shape index (κ1) is 24.1. The third-order valence-corrected chi connectivity index (χ3v) is 6.62. The standard InChI is InChI=1S/C25H27N9O.ClH/c1-24(2)12-17(13-25(3,4)31-24)34-23-20(29-32-34)11-19(28-30-23)18-6-5-15(9-21(18)35)16-7-8-33-22(10-16)26-14-27-33;/h5-11,14,17,31,35H,12-13H2,1-4H3;1H. The summed E-state index contributed by atoms with van der Waals surface area (Å²) in [6, 6.07) is 11.4. The molecule has 0 atom stereocenters. The Morgan fingerprint density at radius 2 is 1.69 bits per heavy atom. The average molecular weight is 506 g/mol. The second-order valence-electron chi connectivity index (χ2n) is 10.6. The fraction of sp³-hybridized carbons (Fsp3) is 0.360. The van der Waals surface area contributed by atoms with Crippen LogP contribution in [0.2, 0.25) is 0 Å². The van der Waals surface area contributed by atoms with Crippen LogP contribution < -0.4 is 5.32 Å². The van der Waals surface area contributed by atoms with Crippen LogP contribution in [-0.4, -0.2) is 56.0 Å². The molecule has 1 saturated heterocycles. The van der Waals surface area contributed by atoms with Crippen LogP contribution in [0.25, 0.3) is 39.2 Å².